The minimum absolute atomic E-state index is 0.496. The zero-order chi connectivity index (χ0) is 8.48. The Hall–Kier alpha value is -0.740. The Balaban J connectivity index is 2.30. The maximum Gasteiger partial charge on any atom is 0.490 e. The molecule has 0 spiro atoms. The molecule has 1 rings (SSSR count). The number of carbonyl (C=O) groups is 1. The first kappa shape index (κ1) is 8.36. The molecule has 0 atom stereocenters. The quantitative estimate of drug-likeness (QED) is 0.556. The smallest absolute Gasteiger partial charge is 0.456 e. The fraction of sp³-hybridized carbons (Fsp3) is 0.833. The predicted molar refractivity (Wildman–Crippen MR) is 29.8 cm³/mol. The summed E-state index contributed by atoms with van der Waals surface area (Å²) in [6.07, 6.45) is -3.38. The maximum absolute atomic E-state index is 11.5. The largest absolute Gasteiger partial charge is 0.490 e. The number of ether oxygens (including phenoxy) is 1. The Morgan fingerprint density at radius 2 is 1.91 bits per heavy atom. The number of hydrogen-bond donors (Lipinski definition) is 0. The van der Waals surface area contributed by atoms with Crippen LogP contribution in [-0.2, 0) is 9.53 Å². The average Bonchev–Trinajstić information content (AvgIpc) is 1.75. The topological polar surface area (TPSA) is 26.3 Å². The van der Waals surface area contributed by atoms with Crippen molar-refractivity contribution in [3.63, 3.8) is 0 Å². The van der Waals surface area contributed by atoms with E-state index in [1.54, 1.807) is 0 Å². The summed E-state index contributed by atoms with van der Waals surface area (Å²) < 4.78 is 38.6. The normalized spacial score (nSPS) is 19.2. The lowest BCUT2D eigenvalue weighted by atomic mass is 9.96. The monoisotopic (exact) mass is 168 g/mol. The van der Waals surface area contributed by atoms with Gasteiger partial charge in [-0.05, 0) is 19.3 Å². The van der Waals surface area contributed by atoms with E-state index in [-0.39, 0.29) is 0 Å². The molecule has 2 nitrogen and oxygen atoms in total. The lowest BCUT2D eigenvalue weighted by Gasteiger charge is -2.25. The molecule has 1 saturated carbocycles. The van der Waals surface area contributed by atoms with Gasteiger partial charge in [-0.3, -0.25) is 0 Å². The van der Waals surface area contributed by atoms with Crippen molar-refractivity contribution in [2.75, 3.05) is 0 Å². The maximum atomic E-state index is 11.5. The van der Waals surface area contributed by atoms with Gasteiger partial charge < -0.3 is 4.74 Å². The fourth-order valence-corrected chi connectivity index (χ4v) is 0.707. The third kappa shape index (κ3) is 2.10. The van der Waals surface area contributed by atoms with Crippen LogP contribution in [0.25, 0.3) is 0 Å². The molecule has 5 heteroatoms. The molecule has 0 heterocycles. The van der Waals surface area contributed by atoms with Crippen molar-refractivity contribution < 1.29 is 22.7 Å². The second-order valence-corrected chi connectivity index (χ2v) is 2.46. The number of rotatable bonds is 1. The molecule has 0 saturated heterocycles. The first-order valence-corrected chi connectivity index (χ1v) is 3.28. The van der Waals surface area contributed by atoms with Crippen molar-refractivity contribution in [2.24, 2.45) is 0 Å². The Morgan fingerprint density at radius 3 is 2.18 bits per heavy atom. The molecule has 0 unspecified atom stereocenters. The summed E-state index contributed by atoms with van der Waals surface area (Å²) in [5.74, 6) is -2.07. The molecule has 0 N–H and O–H groups in total. The van der Waals surface area contributed by atoms with Gasteiger partial charge in [-0.1, -0.05) is 0 Å². The van der Waals surface area contributed by atoms with Gasteiger partial charge in [0, 0.05) is 0 Å². The van der Waals surface area contributed by atoms with E-state index in [1.807, 2.05) is 0 Å². The predicted octanol–water partition coefficient (Wildman–Crippen LogP) is 1.64. The van der Waals surface area contributed by atoms with Crippen LogP contribution in [0.2, 0.25) is 0 Å². The molecule has 0 aromatic heterocycles. The van der Waals surface area contributed by atoms with Gasteiger partial charge in [-0.25, -0.2) is 4.79 Å². The van der Waals surface area contributed by atoms with Gasteiger partial charge in [0.25, 0.3) is 0 Å². The van der Waals surface area contributed by atoms with Crippen LogP contribution in [0.4, 0.5) is 13.2 Å². The molecule has 1 fully saturated rings. The third-order valence-corrected chi connectivity index (χ3v) is 1.56. The highest BCUT2D eigenvalue weighted by atomic mass is 19.4. The lowest BCUT2D eigenvalue weighted by Crippen LogP contribution is -2.33. The van der Waals surface area contributed by atoms with Crippen molar-refractivity contribution in [1.29, 1.82) is 0 Å². The van der Waals surface area contributed by atoms with Gasteiger partial charge >= 0.3 is 12.1 Å². The number of halogens is 3. The molecule has 64 valence electrons. The minimum atomic E-state index is -4.84. The van der Waals surface area contributed by atoms with Crippen LogP contribution in [0.3, 0.4) is 0 Å². The Morgan fingerprint density at radius 1 is 1.36 bits per heavy atom. The Kier molecular flexibility index (Phi) is 2.06. The molecule has 0 aromatic carbocycles. The fourth-order valence-electron chi connectivity index (χ4n) is 0.707. The first-order chi connectivity index (χ1) is 5.00. The molecule has 0 amide bonds. The van der Waals surface area contributed by atoms with E-state index in [4.69, 9.17) is 0 Å². The van der Waals surface area contributed by atoms with Crippen molar-refractivity contribution >= 4 is 5.97 Å². The molecule has 1 aliphatic carbocycles. The summed E-state index contributed by atoms with van der Waals surface area (Å²) >= 11 is 0. The second-order valence-electron chi connectivity index (χ2n) is 2.46. The summed E-state index contributed by atoms with van der Waals surface area (Å²) in [4.78, 5) is 10.1. The molecule has 0 bridgehead atoms. The van der Waals surface area contributed by atoms with E-state index < -0.39 is 18.2 Å². The summed E-state index contributed by atoms with van der Waals surface area (Å²) in [6.45, 7) is 0. The molecule has 0 aliphatic heterocycles. The van der Waals surface area contributed by atoms with Crippen LogP contribution in [0, 0.1) is 0 Å². The highest BCUT2D eigenvalue weighted by Gasteiger charge is 2.42. The summed E-state index contributed by atoms with van der Waals surface area (Å²) in [5.41, 5.74) is 0. The van der Waals surface area contributed by atoms with Crippen molar-refractivity contribution in [3.8, 4) is 0 Å². The van der Waals surface area contributed by atoms with Crippen LogP contribution >= 0.6 is 0 Å². The number of carbonyl (C=O) groups excluding carboxylic acids is 1. The lowest BCUT2D eigenvalue weighted by molar-refractivity contribution is -0.208. The molecule has 1 aliphatic rings. The average molecular weight is 168 g/mol. The molecule has 0 aromatic rings. The minimum Gasteiger partial charge on any atom is -0.456 e. The SMILES string of the molecule is O=C(OC1CCC1)C(F)(F)F. The van der Waals surface area contributed by atoms with Gasteiger partial charge in [-0.2, -0.15) is 13.2 Å². The van der Waals surface area contributed by atoms with Crippen LogP contribution in [0.15, 0.2) is 0 Å². The van der Waals surface area contributed by atoms with Gasteiger partial charge in [0.1, 0.15) is 6.10 Å². The molecule has 0 radical (unpaired) electrons. The third-order valence-electron chi connectivity index (χ3n) is 1.56. The highest BCUT2D eigenvalue weighted by Crippen LogP contribution is 2.25. The van der Waals surface area contributed by atoms with Gasteiger partial charge in [0.2, 0.25) is 0 Å². The zero-order valence-electron chi connectivity index (χ0n) is 5.65. The molecular weight excluding hydrogens is 161 g/mol. The van der Waals surface area contributed by atoms with Gasteiger partial charge in [-0.15, -0.1) is 0 Å². The van der Waals surface area contributed by atoms with E-state index in [0.717, 1.165) is 6.42 Å². The standard InChI is InChI=1S/C6H7F3O2/c7-6(8,9)5(10)11-4-2-1-3-4/h4H,1-3H2. The van der Waals surface area contributed by atoms with Crippen molar-refractivity contribution in [1.82, 2.24) is 0 Å². The van der Waals surface area contributed by atoms with E-state index >= 15 is 0 Å². The molecular formula is C6H7F3O2. The van der Waals surface area contributed by atoms with Crippen LogP contribution in [-0.4, -0.2) is 18.2 Å². The summed E-state index contributed by atoms with van der Waals surface area (Å²) in [5, 5.41) is 0. The first-order valence-electron chi connectivity index (χ1n) is 3.28. The second kappa shape index (κ2) is 2.71. The van der Waals surface area contributed by atoms with E-state index in [2.05, 4.69) is 4.74 Å². The Labute approximate surface area is 61.3 Å². The van der Waals surface area contributed by atoms with Crippen molar-refractivity contribution in [3.05, 3.63) is 0 Å². The van der Waals surface area contributed by atoms with E-state index in [9.17, 15) is 18.0 Å². The highest BCUT2D eigenvalue weighted by molar-refractivity contribution is 5.75. The van der Waals surface area contributed by atoms with Gasteiger partial charge in [0.15, 0.2) is 0 Å². The number of alkyl halides is 3. The van der Waals surface area contributed by atoms with Crippen LogP contribution in [0.1, 0.15) is 19.3 Å². The summed E-state index contributed by atoms with van der Waals surface area (Å²) in [6, 6.07) is 0. The number of esters is 1. The van der Waals surface area contributed by atoms with Crippen LogP contribution in [0.5, 0.6) is 0 Å². The Bertz CT molecular complexity index is 160. The number of hydrogen-bond acceptors (Lipinski definition) is 2. The van der Waals surface area contributed by atoms with E-state index in [1.165, 1.54) is 0 Å². The van der Waals surface area contributed by atoms with Gasteiger partial charge in [0.05, 0.1) is 0 Å². The molecule has 11 heavy (non-hydrogen) atoms. The van der Waals surface area contributed by atoms with Crippen molar-refractivity contribution in [2.45, 2.75) is 31.5 Å². The van der Waals surface area contributed by atoms with E-state index in [0.29, 0.717) is 12.8 Å². The summed E-state index contributed by atoms with van der Waals surface area (Å²) in [7, 11) is 0. The van der Waals surface area contributed by atoms with Crippen LogP contribution < -0.4 is 0 Å². The zero-order valence-corrected chi connectivity index (χ0v) is 5.65.